The zero-order chi connectivity index (χ0) is 31.3. The van der Waals surface area contributed by atoms with Gasteiger partial charge in [-0.3, -0.25) is 9.69 Å². The summed E-state index contributed by atoms with van der Waals surface area (Å²) in [5.41, 5.74) is -5.52. The largest absolute Gasteiger partial charge is 0.416 e. The molecule has 2 saturated heterocycles. The van der Waals surface area contributed by atoms with E-state index in [0.717, 1.165) is 45.4 Å². The number of likely N-dealkylation sites (tertiary alicyclic amines) is 1. The number of benzene rings is 2. The summed E-state index contributed by atoms with van der Waals surface area (Å²) in [4.78, 5) is 16.2. The molecule has 2 aromatic carbocycles. The number of piperidine rings is 1. The van der Waals surface area contributed by atoms with Gasteiger partial charge >= 0.3 is 12.4 Å². The minimum atomic E-state index is -5.03. The van der Waals surface area contributed by atoms with E-state index in [-0.39, 0.29) is 24.1 Å². The molecule has 0 aromatic heterocycles. The van der Waals surface area contributed by atoms with Gasteiger partial charge in [0.1, 0.15) is 0 Å². The summed E-state index contributed by atoms with van der Waals surface area (Å²) < 4.78 is 87.6. The third-order valence-corrected chi connectivity index (χ3v) is 9.79. The predicted molar refractivity (Wildman–Crippen MR) is 148 cm³/mol. The molecule has 1 spiro atoms. The van der Waals surface area contributed by atoms with Crippen molar-refractivity contribution in [2.75, 3.05) is 19.7 Å². The number of aliphatic hydroxyl groups excluding tert-OH is 1. The van der Waals surface area contributed by atoms with Gasteiger partial charge < -0.3 is 15.2 Å². The number of carbonyl (C=O) groups excluding carboxylic acids is 1. The van der Waals surface area contributed by atoms with Gasteiger partial charge in [-0.05, 0) is 81.7 Å². The van der Waals surface area contributed by atoms with Crippen molar-refractivity contribution in [3.63, 3.8) is 0 Å². The lowest BCUT2D eigenvalue weighted by molar-refractivity contribution is -0.143. The van der Waals surface area contributed by atoms with Crippen LogP contribution in [0.4, 0.5) is 26.3 Å². The highest BCUT2D eigenvalue weighted by atomic mass is 19.4. The maximum absolute atomic E-state index is 13.9. The summed E-state index contributed by atoms with van der Waals surface area (Å²) in [5.74, 6) is -0.729. The Morgan fingerprint density at radius 2 is 1.49 bits per heavy atom. The molecule has 1 amide bonds. The van der Waals surface area contributed by atoms with Crippen molar-refractivity contribution in [3.8, 4) is 0 Å². The number of alkyl halides is 6. The van der Waals surface area contributed by atoms with E-state index < -0.39 is 52.0 Å². The summed E-state index contributed by atoms with van der Waals surface area (Å²) in [6.07, 6.45) is -5.86. The van der Waals surface area contributed by atoms with Gasteiger partial charge in [-0.15, -0.1) is 0 Å². The quantitative estimate of drug-likeness (QED) is 0.375. The van der Waals surface area contributed by atoms with Gasteiger partial charge in [-0.1, -0.05) is 30.3 Å². The summed E-state index contributed by atoms with van der Waals surface area (Å²) in [7, 11) is 0. The molecule has 0 bridgehead atoms. The van der Waals surface area contributed by atoms with Crippen LogP contribution in [0.5, 0.6) is 0 Å². The standard InChI is InChI=1S/C32H38F6N2O3/c1-28(2,22-17-23(31(33,34)35)19-24(18-22)32(36,37)38)27(42)39-30(21-7-4-3-5-8-21)11-9-25(26(41)20-30)40-14-12-29(13-15-40)10-6-16-43-29/h3-5,7-8,17-19,25-26,41H,6,9-16,20H2,1-2H3,(H,39,42). The molecule has 3 aliphatic rings. The molecule has 2 heterocycles. The minimum absolute atomic E-state index is 0.0574. The van der Waals surface area contributed by atoms with Gasteiger partial charge in [0.25, 0.3) is 0 Å². The number of ether oxygens (including phenoxy) is 1. The average Bonchev–Trinajstić information content (AvgIpc) is 3.41. The fourth-order valence-corrected chi connectivity index (χ4v) is 7.05. The zero-order valence-electron chi connectivity index (χ0n) is 24.3. The molecule has 3 atom stereocenters. The number of hydrogen-bond acceptors (Lipinski definition) is 4. The van der Waals surface area contributed by atoms with Gasteiger partial charge in [0.15, 0.2) is 0 Å². The second-order valence-electron chi connectivity index (χ2n) is 12.9. The first-order valence-corrected chi connectivity index (χ1v) is 14.8. The third kappa shape index (κ3) is 6.44. The van der Waals surface area contributed by atoms with Crippen LogP contribution in [0, 0.1) is 0 Å². The molecule has 43 heavy (non-hydrogen) atoms. The molecule has 5 nitrogen and oxygen atoms in total. The Labute approximate surface area is 247 Å². The molecule has 1 aliphatic carbocycles. The zero-order valence-corrected chi connectivity index (χ0v) is 24.3. The molecule has 3 fully saturated rings. The number of aliphatic hydroxyl groups is 1. The topological polar surface area (TPSA) is 61.8 Å². The summed E-state index contributed by atoms with van der Waals surface area (Å²) in [5, 5.41) is 14.5. The van der Waals surface area contributed by atoms with Crippen LogP contribution >= 0.6 is 0 Å². The maximum atomic E-state index is 13.9. The fraction of sp³-hybridized carbons (Fsp3) is 0.594. The monoisotopic (exact) mass is 612 g/mol. The van der Waals surface area contributed by atoms with E-state index in [2.05, 4.69) is 10.2 Å². The molecule has 236 valence electrons. The van der Waals surface area contributed by atoms with Crippen LogP contribution in [-0.4, -0.2) is 53.4 Å². The molecule has 1 saturated carbocycles. The Morgan fingerprint density at radius 1 is 0.907 bits per heavy atom. The lowest BCUT2D eigenvalue weighted by Gasteiger charge is -2.50. The molecule has 11 heteroatoms. The van der Waals surface area contributed by atoms with Crippen LogP contribution < -0.4 is 5.32 Å². The predicted octanol–water partition coefficient (Wildman–Crippen LogP) is 6.57. The summed E-state index contributed by atoms with van der Waals surface area (Å²) >= 11 is 0. The Morgan fingerprint density at radius 3 is 2.00 bits per heavy atom. The van der Waals surface area contributed by atoms with Crippen LogP contribution in [0.25, 0.3) is 0 Å². The highest BCUT2D eigenvalue weighted by Crippen LogP contribution is 2.44. The second kappa shape index (κ2) is 11.4. The van der Waals surface area contributed by atoms with E-state index in [1.807, 2.05) is 12.1 Å². The van der Waals surface area contributed by atoms with Gasteiger partial charge in [0.2, 0.25) is 5.91 Å². The minimum Gasteiger partial charge on any atom is -0.391 e. The number of nitrogens with one attached hydrogen (secondary N) is 1. The normalized spacial score (nSPS) is 26.9. The summed E-state index contributed by atoms with van der Waals surface area (Å²) in [6, 6.07) is 10.1. The van der Waals surface area contributed by atoms with E-state index in [1.54, 1.807) is 18.2 Å². The Kier molecular flexibility index (Phi) is 8.41. The van der Waals surface area contributed by atoms with Gasteiger partial charge in [-0.25, -0.2) is 0 Å². The van der Waals surface area contributed by atoms with Gasteiger partial charge in [-0.2, -0.15) is 26.3 Å². The van der Waals surface area contributed by atoms with Gasteiger partial charge in [0.05, 0.1) is 33.8 Å². The van der Waals surface area contributed by atoms with Crippen LogP contribution in [-0.2, 0) is 32.8 Å². The number of rotatable bonds is 5. The lowest BCUT2D eigenvalue weighted by atomic mass is 9.71. The number of halogens is 6. The van der Waals surface area contributed by atoms with Crippen molar-refractivity contribution in [2.24, 2.45) is 0 Å². The smallest absolute Gasteiger partial charge is 0.391 e. The summed E-state index contributed by atoms with van der Waals surface area (Å²) in [6.45, 7) is 4.98. The van der Waals surface area contributed by atoms with Crippen LogP contribution in [0.2, 0.25) is 0 Å². The van der Waals surface area contributed by atoms with Crippen molar-refractivity contribution in [3.05, 3.63) is 70.8 Å². The van der Waals surface area contributed by atoms with Crippen molar-refractivity contribution >= 4 is 5.91 Å². The van der Waals surface area contributed by atoms with Crippen LogP contribution in [0.1, 0.15) is 81.0 Å². The van der Waals surface area contributed by atoms with Gasteiger partial charge in [0, 0.05) is 32.2 Å². The number of amides is 1. The van der Waals surface area contributed by atoms with Crippen molar-refractivity contribution in [2.45, 2.75) is 99.8 Å². The second-order valence-corrected chi connectivity index (χ2v) is 12.9. The Bertz CT molecular complexity index is 1260. The van der Waals surface area contributed by atoms with Crippen molar-refractivity contribution in [1.29, 1.82) is 0 Å². The molecule has 2 N–H and O–H groups in total. The number of nitrogens with zero attached hydrogens (tertiary/aromatic N) is 1. The maximum Gasteiger partial charge on any atom is 0.416 e. The first kappa shape index (κ1) is 31.8. The van der Waals surface area contributed by atoms with E-state index in [9.17, 15) is 36.2 Å². The number of hydrogen-bond donors (Lipinski definition) is 2. The molecular weight excluding hydrogens is 574 g/mol. The van der Waals surface area contributed by atoms with E-state index in [4.69, 9.17) is 4.74 Å². The first-order chi connectivity index (χ1) is 20.0. The van der Waals surface area contributed by atoms with Crippen LogP contribution in [0.3, 0.4) is 0 Å². The SMILES string of the molecule is CC(C)(C(=O)NC1(c2ccccc2)CCC(N2CCC3(CCCO3)CC2)C(O)C1)c1cc(C(F)(F)F)cc(C(F)(F)F)c1. The fourth-order valence-electron chi connectivity index (χ4n) is 7.05. The molecule has 2 aliphatic heterocycles. The molecular formula is C32H38F6N2O3. The molecule has 3 unspecified atom stereocenters. The van der Waals surface area contributed by atoms with E-state index >= 15 is 0 Å². The van der Waals surface area contributed by atoms with Crippen molar-refractivity contribution in [1.82, 2.24) is 10.2 Å². The van der Waals surface area contributed by atoms with Crippen molar-refractivity contribution < 1.29 is 41.0 Å². The molecule has 2 aromatic rings. The van der Waals surface area contributed by atoms with Crippen LogP contribution in [0.15, 0.2) is 48.5 Å². The van der Waals surface area contributed by atoms with E-state index in [1.165, 1.54) is 13.8 Å². The lowest BCUT2D eigenvalue weighted by Crippen LogP contribution is -2.60. The number of carbonyl (C=O) groups is 1. The van der Waals surface area contributed by atoms with E-state index in [0.29, 0.717) is 30.5 Å². The Balaban J connectivity index is 1.40. The molecule has 5 rings (SSSR count). The average molecular weight is 613 g/mol. The highest BCUT2D eigenvalue weighted by molar-refractivity contribution is 5.88. The Hall–Kier alpha value is -2.63. The first-order valence-electron chi connectivity index (χ1n) is 14.8. The highest BCUT2D eigenvalue weighted by Gasteiger charge is 2.48. The third-order valence-electron chi connectivity index (χ3n) is 9.79. The molecule has 0 radical (unpaired) electrons.